The minimum atomic E-state index is -0.338. The third kappa shape index (κ3) is 3.04. The molecule has 0 aliphatic rings. The molecule has 0 aliphatic carbocycles. The first kappa shape index (κ1) is 13.8. The standard InChI is InChI=1S/C17H16N2O/c1-12(2)19-17(20)15(11-18)10-14-8-5-7-13-6-3-4-9-16(13)14/h3-10,12H,1-2H3,(H,19,20). The molecule has 1 N–H and O–H groups in total. The van der Waals surface area contributed by atoms with Crippen LogP contribution in [0.25, 0.3) is 16.8 Å². The van der Waals surface area contributed by atoms with E-state index in [1.54, 1.807) is 6.08 Å². The Hall–Kier alpha value is -2.60. The molecule has 0 heterocycles. The van der Waals surface area contributed by atoms with Gasteiger partial charge < -0.3 is 5.32 Å². The predicted molar refractivity (Wildman–Crippen MR) is 80.8 cm³/mol. The zero-order valence-electron chi connectivity index (χ0n) is 11.6. The van der Waals surface area contributed by atoms with Crippen LogP contribution >= 0.6 is 0 Å². The number of carbonyl (C=O) groups excluding carboxylic acids is 1. The van der Waals surface area contributed by atoms with Crippen molar-refractivity contribution in [1.29, 1.82) is 5.26 Å². The van der Waals surface area contributed by atoms with Gasteiger partial charge in [-0.3, -0.25) is 4.79 Å². The van der Waals surface area contributed by atoms with E-state index in [-0.39, 0.29) is 17.5 Å². The van der Waals surface area contributed by atoms with Crippen molar-refractivity contribution in [3.8, 4) is 6.07 Å². The van der Waals surface area contributed by atoms with Crippen molar-refractivity contribution in [3.05, 3.63) is 53.6 Å². The highest BCUT2D eigenvalue weighted by Crippen LogP contribution is 2.20. The van der Waals surface area contributed by atoms with Gasteiger partial charge in [-0.25, -0.2) is 0 Å². The highest BCUT2D eigenvalue weighted by atomic mass is 16.1. The van der Waals surface area contributed by atoms with Gasteiger partial charge >= 0.3 is 0 Å². The summed E-state index contributed by atoms with van der Waals surface area (Å²) >= 11 is 0. The van der Waals surface area contributed by atoms with Crippen LogP contribution in [0, 0.1) is 11.3 Å². The molecule has 0 atom stereocenters. The normalized spacial score (nSPS) is 11.4. The molecule has 0 saturated heterocycles. The molecule has 20 heavy (non-hydrogen) atoms. The van der Waals surface area contributed by atoms with Gasteiger partial charge in [-0.15, -0.1) is 0 Å². The van der Waals surface area contributed by atoms with E-state index in [2.05, 4.69) is 5.32 Å². The van der Waals surface area contributed by atoms with Crippen molar-refractivity contribution in [2.75, 3.05) is 0 Å². The SMILES string of the molecule is CC(C)NC(=O)C(C#N)=Cc1cccc2ccccc12. The fourth-order valence-electron chi connectivity index (χ4n) is 2.02. The van der Waals surface area contributed by atoms with Gasteiger partial charge in [-0.2, -0.15) is 5.26 Å². The first-order valence-electron chi connectivity index (χ1n) is 6.52. The molecule has 0 saturated carbocycles. The molecule has 3 heteroatoms. The number of hydrogen-bond donors (Lipinski definition) is 1. The molecule has 1 amide bonds. The number of benzene rings is 2. The van der Waals surface area contributed by atoms with Crippen LogP contribution in [0.4, 0.5) is 0 Å². The first-order chi connectivity index (χ1) is 9.61. The zero-order chi connectivity index (χ0) is 14.5. The second kappa shape index (κ2) is 6.03. The number of rotatable bonds is 3. The zero-order valence-corrected chi connectivity index (χ0v) is 11.6. The van der Waals surface area contributed by atoms with Crippen LogP contribution in [0.5, 0.6) is 0 Å². The molecule has 100 valence electrons. The fraction of sp³-hybridized carbons (Fsp3) is 0.176. The maximum atomic E-state index is 11.9. The van der Waals surface area contributed by atoms with Crippen molar-refractivity contribution < 1.29 is 4.79 Å². The predicted octanol–water partition coefficient (Wildman–Crippen LogP) is 3.27. The molecule has 0 bridgehead atoms. The van der Waals surface area contributed by atoms with Crippen LogP contribution in [0.1, 0.15) is 19.4 Å². The van der Waals surface area contributed by atoms with Crippen molar-refractivity contribution >= 4 is 22.8 Å². The van der Waals surface area contributed by atoms with Crippen LogP contribution in [0.2, 0.25) is 0 Å². The molecule has 0 aliphatic heterocycles. The Morgan fingerprint density at radius 1 is 1.20 bits per heavy atom. The molecule has 2 rings (SSSR count). The van der Waals surface area contributed by atoms with Crippen LogP contribution in [0.3, 0.4) is 0 Å². The van der Waals surface area contributed by atoms with E-state index in [1.165, 1.54) is 0 Å². The Bertz CT molecular complexity index is 703. The molecule has 0 unspecified atom stereocenters. The number of nitriles is 1. The summed E-state index contributed by atoms with van der Waals surface area (Å²) in [5, 5.41) is 14.0. The first-order valence-corrected chi connectivity index (χ1v) is 6.52. The number of nitrogens with one attached hydrogen (secondary N) is 1. The Balaban J connectivity index is 2.45. The Morgan fingerprint density at radius 2 is 1.90 bits per heavy atom. The molecular weight excluding hydrogens is 248 g/mol. The molecule has 2 aromatic rings. The van der Waals surface area contributed by atoms with Gasteiger partial charge in [0.2, 0.25) is 0 Å². The van der Waals surface area contributed by atoms with E-state index < -0.39 is 0 Å². The van der Waals surface area contributed by atoms with E-state index in [0.29, 0.717) is 0 Å². The number of fused-ring (bicyclic) bond motifs is 1. The number of hydrogen-bond acceptors (Lipinski definition) is 2. The number of amides is 1. The molecular formula is C17H16N2O. The lowest BCUT2D eigenvalue weighted by molar-refractivity contribution is -0.117. The van der Waals surface area contributed by atoms with E-state index in [1.807, 2.05) is 62.4 Å². The van der Waals surface area contributed by atoms with Gasteiger partial charge in [-0.05, 0) is 36.3 Å². The van der Waals surface area contributed by atoms with Crippen LogP contribution in [-0.4, -0.2) is 11.9 Å². The highest BCUT2D eigenvalue weighted by molar-refractivity contribution is 6.04. The molecule has 0 spiro atoms. The van der Waals surface area contributed by atoms with Crippen molar-refractivity contribution in [2.45, 2.75) is 19.9 Å². The largest absolute Gasteiger partial charge is 0.349 e. The number of carbonyl (C=O) groups is 1. The average Bonchev–Trinajstić information content (AvgIpc) is 2.44. The lowest BCUT2D eigenvalue weighted by atomic mass is 10.0. The topological polar surface area (TPSA) is 52.9 Å². The monoisotopic (exact) mass is 264 g/mol. The highest BCUT2D eigenvalue weighted by Gasteiger charge is 2.10. The lowest BCUT2D eigenvalue weighted by Gasteiger charge is -2.07. The Morgan fingerprint density at radius 3 is 2.60 bits per heavy atom. The van der Waals surface area contributed by atoms with Crippen LogP contribution < -0.4 is 5.32 Å². The van der Waals surface area contributed by atoms with E-state index in [0.717, 1.165) is 16.3 Å². The Labute approximate surface area is 118 Å². The summed E-state index contributed by atoms with van der Waals surface area (Å²) in [6.07, 6.45) is 1.64. The minimum Gasteiger partial charge on any atom is -0.349 e. The lowest BCUT2D eigenvalue weighted by Crippen LogP contribution is -2.30. The van der Waals surface area contributed by atoms with Gasteiger partial charge in [0.25, 0.3) is 5.91 Å². The van der Waals surface area contributed by atoms with Crippen molar-refractivity contribution in [2.24, 2.45) is 0 Å². The summed E-state index contributed by atoms with van der Waals surface area (Å²) in [5.41, 5.74) is 0.994. The van der Waals surface area contributed by atoms with Gasteiger partial charge in [-0.1, -0.05) is 42.5 Å². The maximum Gasteiger partial charge on any atom is 0.262 e. The third-order valence-electron chi connectivity index (χ3n) is 2.91. The average molecular weight is 264 g/mol. The maximum absolute atomic E-state index is 11.9. The summed E-state index contributed by atoms with van der Waals surface area (Å²) < 4.78 is 0. The second-order valence-corrected chi connectivity index (χ2v) is 4.87. The van der Waals surface area contributed by atoms with Crippen molar-refractivity contribution in [1.82, 2.24) is 5.32 Å². The third-order valence-corrected chi connectivity index (χ3v) is 2.91. The molecule has 0 radical (unpaired) electrons. The summed E-state index contributed by atoms with van der Waals surface area (Å²) in [6.45, 7) is 3.73. The van der Waals surface area contributed by atoms with Gasteiger partial charge in [0.15, 0.2) is 0 Å². The molecule has 2 aromatic carbocycles. The number of nitrogens with zero attached hydrogens (tertiary/aromatic N) is 1. The molecule has 3 nitrogen and oxygen atoms in total. The smallest absolute Gasteiger partial charge is 0.262 e. The quantitative estimate of drug-likeness (QED) is 0.683. The van der Waals surface area contributed by atoms with E-state index in [4.69, 9.17) is 5.26 Å². The van der Waals surface area contributed by atoms with E-state index >= 15 is 0 Å². The van der Waals surface area contributed by atoms with Crippen molar-refractivity contribution in [3.63, 3.8) is 0 Å². The van der Waals surface area contributed by atoms with E-state index in [9.17, 15) is 4.79 Å². The summed E-state index contributed by atoms with van der Waals surface area (Å²) in [7, 11) is 0. The Kier molecular flexibility index (Phi) is 4.17. The second-order valence-electron chi connectivity index (χ2n) is 4.87. The van der Waals surface area contributed by atoms with Crippen LogP contribution in [0.15, 0.2) is 48.0 Å². The van der Waals surface area contributed by atoms with Crippen LogP contribution in [-0.2, 0) is 4.79 Å². The summed E-state index contributed by atoms with van der Waals surface area (Å²) in [4.78, 5) is 11.9. The fourth-order valence-corrected chi connectivity index (χ4v) is 2.02. The molecule has 0 aromatic heterocycles. The minimum absolute atomic E-state index is 0.00627. The molecule has 0 fully saturated rings. The van der Waals surface area contributed by atoms with Gasteiger partial charge in [0.1, 0.15) is 11.6 Å². The summed E-state index contributed by atoms with van der Waals surface area (Å²) in [6, 6.07) is 15.7. The van der Waals surface area contributed by atoms with Gasteiger partial charge in [0, 0.05) is 6.04 Å². The van der Waals surface area contributed by atoms with Gasteiger partial charge in [0.05, 0.1) is 0 Å². The summed E-state index contributed by atoms with van der Waals surface area (Å²) in [5.74, 6) is -0.338.